The van der Waals surface area contributed by atoms with Crippen LogP contribution in [-0.4, -0.2) is 92.9 Å². The zero-order chi connectivity index (χ0) is 35.2. The van der Waals surface area contributed by atoms with Gasteiger partial charge in [0, 0.05) is 30.9 Å². The highest BCUT2D eigenvalue weighted by atomic mass is 16.3. The molecule has 1 aromatic rings. The number of hydrogen-bond donors (Lipinski definition) is 5. The molecule has 5 amide bonds. The number of likely N-dealkylation sites (tertiary alicyclic amines) is 1. The molecule has 4 rings (SSSR count). The van der Waals surface area contributed by atoms with E-state index in [1.165, 1.54) is 23.5 Å². The lowest BCUT2D eigenvalue weighted by atomic mass is 9.81. The first kappa shape index (κ1) is 37.0. The molecule has 3 aliphatic rings. The third kappa shape index (κ3) is 9.39. The minimum Gasteiger partial charge on any atom is -0.381 e. The van der Waals surface area contributed by atoms with Crippen molar-refractivity contribution in [3.63, 3.8) is 0 Å². The Morgan fingerprint density at radius 1 is 0.979 bits per heavy atom. The number of aliphatic hydroxyl groups is 1. The van der Waals surface area contributed by atoms with Gasteiger partial charge in [0.25, 0.3) is 11.8 Å². The lowest BCUT2D eigenvalue weighted by Crippen LogP contribution is -2.62. The van der Waals surface area contributed by atoms with Crippen LogP contribution in [0.2, 0.25) is 0 Å². The summed E-state index contributed by atoms with van der Waals surface area (Å²) >= 11 is 0. The topological polar surface area (TPSA) is 183 Å². The van der Waals surface area contributed by atoms with Crippen molar-refractivity contribution >= 4 is 29.5 Å². The van der Waals surface area contributed by atoms with Crippen LogP contribution in [0.25, 0.3) is 0 Å². The van der Waals surface area contributed by atoms with Crippen LogP contribution in [0, 0.1) is 23.2 Å². The summed E-state index contributed by atoms with van der Waals surface area (Å²) in [6, 6.07) is -2.81. The van der Waals surface area contributed by atoms with Crippen molar-refractivity contribution in [1.29, 1.82) is 0 Å². The van der Waals surface area contributed by atoms with Crippen LogP contribution < -0.4 is 21.3 Å². The Hall–Kier alpha value is -3.87. The zero-order valence-corrected chi connectivity index (χ0v) is 29.0. The van der Waals surface area contributed by atoms with E-state index in [0.717, 1.165) is 50.5 Å². The van der Waals surface area contributed by atoms with Gasteiger partial charge < -0.3 is 31.3 Å². The normalized spacial score (nSPS) is 21.9. The monoisotopic (exact) mass is 667 g/mol. The fourth-order valence-electron chi connectivity index (χ4n) is 6.64. The SMILES string of the molecule is C=C(C(C)C)[C@H]1CCN(C(=O)[C@@H](NC(=O)[C@@H](NC(=O)c2cnccn2)C2CCCCC2)C(C)(C)C)C1C(=O)NCC(O)C(=O)NC1CC1. The van der Waals surface area contributed by atoms with Gasteiger partial charge in [-0.05, 0) is 49.4 Å². The largest absolute Gasteiger partial charge is 0.381 e. The smallest absolute Gasteiger partial charge is 0.272 e. The predicted molar refractivity (Wildman–Crippen MR) is 179 cm³/mol. The summed E-state index contributed by atoms with van der Waals surface area (Å²) in [4.78, 5) is 77.4. The third-order valence-electron chi connectivity index (χ3n) is 9.75. The molecule has 264 valence electrons. The average molecular weight is 668 g/mol. The fourth-order valence-corrected chi connectivity index (χ4v) is 6.64. The van der Waals surface area contributed by atoms with E-state index in [1.54, 1.807) is 0 Å². The highest BCUT2D eigenvalue weighted by Gasteiger charge is 2.48. The van der Waals surface area contributed by atoms with E-state index >= 15 is 0 Å². The Kier molecular flexibility index (Phi) is 12.3. The van der Waals surface area contributed by atoms with Crippen LogP contribution in [0.3, 0.4) is 0 Å². The van der Waals surface area contributed by atoms with E-state index in [4.69, 9.17) is 0 Å². The molecule has 2 aliphatic carbocycles. The molecule has 0 radical (unpaired) electrons. The summed E-state index contributed by atoms with van der Waals surface area (Å²) in [6.07, 6.45) is 9.43. The Balaban J connectivity index is 1.55. The second-order valence-corrected chi connectivity index (χ2v) is 14.9. The van der Waals surface area contributed by atoms with Crippen molar-refractivity contribution in [3.8, 4) is 0 Å². The molecule has 48 heavy (non-hydrogen) atoms. The van der Waals surface area contributed by atoms with Crippen molar-refractivity contribution < 1.29 is 29.1 Å². The van der Waals surface area contributed by atoms with Gasteiger partial charge in [-0.1, -0.05) is 66.0 Å². The van der Waals surface area contributed by atoms with E-state index in [2.05, 4.69) is 37.8 Å². The quantitative estimate of drug-likeness (QED) is 0.198. The van der Waals surface area contributed by atoms with Gasteiger partial charge in [0.2, 0.25) is 17.7 Å². The van der Waals surface area contributed by atoms with E-state index in [1.807, 2.05) is 34.6 Å². The summed E-state index contributed by atoms with van der Waals surface area (Å²) < 4.78 is 0. The van der Waals surface area contributed by atoms with Gasteiger partial charge in [0.15, 0.2) is 0 Å². The summed E-state index contributed by atoms with van der Waals surface area (Å²) in [5.41, 5.74) is 0.147. The third-order valence-corrected chi connectivity index (χ3v) is 9.75. The molecule has 2 heterocycles. The number of nitrogens with one attached hydrogen (secondary N) is 4. The maximum absolute atomic E-state index is 14.5. The van der Waals surface area contributed by atoms with Gasteiger partial charge in [-0.3, -0.25) is 29.0 Å². The van der Waals surface area contributed by atoms with Gasteiger partial charge in [-0.15, -0.1) is 0 Å². The average Bonchev–Trinajstić information content (AvgIpc) is 3.77. The van der Waals surface area contributed by atoms with Crippen LogP contribution in [0.4, 0.5) is 0 Å². The van der Waals surface area contributed by atoms with Gasteiger partial charge in [-0.2, -0.15) is 0 Å². The van der Waals surface area contributed by atoms with Gasteiger partial charge >= 0.3 is 0 Å². The lowest BCUT2D eigenvalue weighted by molar-refractivity contribution is -0.145. The molecule has 2 saturated carbocycles. The highest BCUT2D eigenvalue weighted by molar-refractivity contribution is 5.98. The molecule has 0 aromatic carbocycles. The second kappa shape index (κ2) is 16.0. The van der Waals surface area contributed by atoms with Crippen LogP contribution in [-0.2, 0) is 19.2 Å². The first-order valence-electron chi connectivity index (χ1n) is 17.3. The lowest BCUT2D eigenvalue weighted by Gasteiger charge is -2.38. The van der Waals surface area contributed by atoms with E-state index in [9.17, 15) is 29.1 Å². The molecular weight excluding hydrogens is 614 g/mol. The van der Waals surface area contributed by atoms with E-state index in [0.29, 0.717) is 6.42 Å². The maximum Gasteiger partial charge on any atom is 0.272 e. The number of nitrogens with zero attached hydrogens (tertiary/aromatic N) is 3. The van der Waals surface area contributed by atoms with Crippen molar-refractivity contribution in [2.45, 2.75) is 116 Å². The van der Waals surface area contributed by atoms with Gasteiger partial charge in [-0.25, -0.2) is 4.98 Å². The molecule has 13 nitrogen and oxygen atoms in total. The maximum atomic E-state index is 14.5. The minimum absolute atomic E-state index is 0.0440. The molecule has 0 spiro atoms. The zero-order valence-electron chi connectivity index (χ0n) is 29.0. The number of aromatic nitrogens is 2. The number of amides is 5. The summed E-state index contributed by atoms with van der Waals surface area (Å²) in [5, 5.41) is 21.7. The van der Waals surface area contributed by atoms with Crippen molar-refractivity contribution in [3.05, 3.63) is 36.4 Å². The molecular formula is C35H53N7O6. The summed E-state index contributed by atoms with van der Waals surface area (Å²) in [7, 11) is 0. The number of carbonyl (C=O) groups is 5. The van der Waals surface area contributed by atoms with E-state index in [-0.39, 0.29) is 42.6 Å². The molecule has 1 saturated heterocycles. The van der Waals surface area contributed by atoms with Crippen LogP contribution in [0.1, 0.15) is 96.5 Å². The highest BCUT2D eigenvalue weighted by Crippen LogP contribution is 2.36. The molecule has 13 heteroatoms. The predicted octanol–water partition coefficient (Wildman–Crippen LogP) is 1.87. The molecule has 3 fully saturated rings. The molecule has 0 bridgehead atoms. The molecule has 5 N–H and O–H groups in total. The molecule has 2 unspecified atom stereocenters. The van der Waals surface area contributed by atoms with Crippen LogP contribution >= 0.6 is 0 Å². The number of hydrogen-bond acceptors (Lipinski definition) is 8. The number of carbonyl (C=O) groups excluding carboxylic acids is 5. The first-order chi connectivity index (χ1) is 22.7. The number of rotatable bonds is 13. The molecule has 1 aromatic heterocycles. The van der Waals surface area contributed by atoms with Crippen molar-refractivity contribution in [1.82, 2.24) is 36.1 Å². The fraction of sp³-hybridized carbons (Fsp3) is 0.686. The van der Waals surface area contributed by atoms with E-state index < -0.39 is 59.2 Å². The van der Waals surface area contributed by atoms with Crippen LogP contribution in [0.5, 0.6) is 0 Å². The minimum atomic E-state index is -1.43. The molecule has 1 aliphatic heterocycles. The summed E-state index contributed by atoms with van der Waals surface area (Å²) in [5.74, 6) is -2.90. The van der Waals surface area contributed by atoms with Gasteiger partial charge in [0.05, 0.1) is 12.7 Å². The van der Waals surface area contributed by atoms with Crippen LogP contribution in [0.15, 0.2) is 30.7 Å². The van der Waals surface area contributed by atoms with Gasteiger partial charge in [0.1, 0.15) is 29.9 Å². The Bertz CT molecular complexity index is 1340. The summed E-state index contributed by atoms with van der Waals surface area (Å²) in [6.45, 7) is 13.7. The standard InChI is InChI=1S/C35H53N7O6/c1-20(2)21(3)24-14-17-42(28(24)33(47)38-19-26(43)31(45)39-23-12-13-23)34(48)29(35(4,5)6)41-32(46)27(22-10-8-7-9-11-22)40-30(44)25-18-36-15-16-37-25/h15-16,18,20,22-24,26-29,43H,3,7-14,17,19H2,1-2,4-6H3,(H,38,47)(H,39,45)(H,40,44)(H,41,46)/t24-,26?,27+,28?,29-/m1/s1. The van der Waals surface area contributed by atoms with Crippen molar-refractivity contribution in [2.24, 2.45) is 23.2 Å². The van der Waals surface area contributed by atoms with Crippen molar-refractivity contribution in [2.75, 3.05) is 13.1 Å². The Morgan fingerprint density at radius 3 is 2.25 bits per heavy atom. The molecule has 5 atom stereocenters. The Morgan fingerprint density at radius 2 is 1.67 bits per heavy atom. The second-order valence-electron chi connectivity index (χ2n) is 14.9. The first-order valence-corrected chi connectivity index (χ1v) is 17.3. The Labute approximate surface area is 283 Å². The number of aliphatic hydroxyl groups excluding tert-OH is 1.